The Morgan fingerprint density at radius 2 is 1.75 bits per heavy atom. The third kappa shape index (κ3) is 4.43. The minimum Gasteiger partial charge on any atom is -0.478 e. The lowest BCUT2D eigenvalue weighted by Gasteiger charge is -2.22. The molecule has 0 saturated heterocycles. The quantitative estimate of drug-likeness (QED) is 0.492. The Kier molecular flexibility index (Phi) is 6.63. The zero-order chi connectivity index (χ0) is 22.7. The molecule has 1 fully saturated rings. The number of rotatable bonds is 7. The van der Waals surface area contributed by atoms with E-state index in [1.807, 2.05) is 45.5 Å². The number of carbonyl (C=O) groups is 1. The number of aromatic carboxylic acids is 1. The molecule has 2 aromatic carbocycles. The SMILES string of the molecule is CCC(C)c1cn(C2CCCCC2)c(=O)n1Cc1ccc(-c2ccccc2C(=O)O)cc1. The van der Waals surface area contributed by atoms with E-state index >= 15 is 0 Å². The van der Waals surface area contributed by atoms with Crippen molar-refractivity contribution in [2.75, 3.05) is 0 Å². The van der Waals surface area contributed by atoms with Gasteiger partial charge in [0.15, 0.2) is 0 Å². The predicted molar refractivity (Wildman–Crippen MR) is 127 cm³/mol. The monoisotopic (exact) mass is 432 g/mol. The van der Waals surface area contributed by atoms with E-state index in [0.717, 1.165) is 36.1 Å². The summed E-state index contributed by atoms with van der Waals surface area (Å²) in [6, 6.07) is 15.2. The third-order valence-corrected chi connectivity index (χ3v) is 6.88. The predicted octanol–water partition coefficient (Wildman–Crippen LogP) is 6.08. The van der Waals surface area contributed by atoms with Gasteiger partial charge in [0.05, 0.1) is 12.1 Å². The molecule has 1 aliphatic rings. The van der Waals surface area contributed by atoms with E-state index in [1.165, 1.54) is 19.3 Å². The van der Waals surface area contributed by atoms with Crippen molar-refractivity contribution in [2.24, 2.45) is 0 Å². The summed E-state index contributed by atoms with van der Waals surface area (Å²) in [5, 5.41) is 9.48. The molecule has 3 aromatic rings. The molecular formula is C27H32N2O3. The first-order chi connectivity index (χ1) is 15.5. The maximum Gasteiger partial charge on any atom is 0.336 e. The highest BCUT2D eigenvalue weighted by atomic mass is 16.4. The van der Waals surface area contributed by atoms with Crippen LogP contribution in [0, 0.1) is 0 Å². The van der Waals surface area contributed by atoms with Gasteiger partial charge in [-0.05, 0) is 47.9 Å². The first kappa shape index (κ1) is 22.1. The van der Waals surface area contributed by atoms with Gasteiger partial charge in [0.2, 0.25) is 0 Å². The van der Waals surface area contributed by atoms with Gasteiger partial charge in [-0.15, -0.1) is 0 Å². The summed E-state index contributed by atoms with van der Waals surface area (Å²) in [6.45, 7) is 4.87. The lowest BCUT2D eigenvalue weighted by atomic mass is 9.95. The van der Waals surface area contributed by atoms with Gasteiger partial charge in [-0.1, -0.05) is 75.6 Å². The van der Waals surface area contributed by atoms with Gasteiger partial charge in [0, 0.05) is 17.9 Å². The second-order valence-electron chi connectivity index (χ2n) is 8.98. The highest BCUT2D eigenvalue weighted by molar-refractivity contribution is 5.95. The molecule has 1 N–H and O–H groups in total. The van der Waals surface area contributed by atoms with Crippen molar-refractivity contribution in [1.82, 2.24) is 9.13 Å². The number of imidazole rings is 1. The molecule has 0 amide bonds. The second-order valence-corrected chi connectivity index (χ2v) is 8.98. The first-order valence-electron chi connectivity index (χ1n) is 11.7. The highest BCUT2D eigenvalue weighted by Gasteiger charge is 2.22. The zero-order valence-corrected chi connectivity index (χ0v) is 19.0. The van der Waals surface area contributed by atoms with E-state index in [4.69, 9.17) is 0 Å². The molecule has 0 radical (unpaired) electrons. The van der Waals surface area contributed by atoms with Crippen molar-refractivity contribution in [3.8, 4) is 11.1 Å². The van der Waals surface area contributed by atoms with Crippen LogP contribution in [0.25, 0.3) is 11.1 Å². The zero-order valence-electron chi connectivity index (χ0n) is 19.0. The molecule has 1 saturated carbocycles. The Morgan fingerprint density at radius 1 is 1.06 bits per heavy atom. The van der Waals surface area contributed by atoms with Crippen LogP contribution in [0.4, 0.5) is 0 Å². The van der Waals surface area contributed by atoms with Crippen LogP contribution in [0.3, 0.4) is 0 Å². The van der Waals surface area contributed by atoms with Gasteiger partial charge in [0.1, 0.15) is 0 Å². The summed E-state index contributed by atoms with van der Waals surface area (Å²) in [4.78, 5) is 24.9. The molecule has 4 rings (SSSR count). The lowest BCUT2D eigenvalue weighted by molar-refractivity contribution is 0.0697. The molecule has 1 aromatic heterocycles. The van der Waals surface area contributed by atoms with Crippen LogP contribution in [0.5, 0.6) is 0 Å². The Morgan fingerprint density at radius 3 is 2.41 bits per heavy atom. The summed E-state index contributed by atoms with van der Waals surface area (Å²) in [5.41, 5.74) is 4.08. The minimum atomic E-state index is -0.932. The van der Waals surface area contributed by atoms with Crippen LogP contribution in [-0.2, 0) is 6.54 Å². The number of carboxylic acids is 1. The fraction of sp³-hybridized carbons (Fsp3) is 0.407. The van der Waals surface area contributed by atoms with Crippen molar-refractivity contribution < 1.29 is 9.90 Å². The topological polar surface area (TPSA) is 64.2 Å². The van der Waals surface area contributed by atoms with E-state index in [-0.39, 0.29) is 5.69 Å². The molecular weight excluding hydrogens is 400 g/mol. The number of benzene rings is 2. The van der Waals surface area contributed by atoms with E-state index in [9.17, 15) is 14.7 Å². The normalized spacial score (nSPS) is 15.6. The van der Waals surface area contributed by atoms with Gasteiger partial charge >= 0.3 is 11.7 Å². The molecule has 0 bridgehead atoms. The molecule has 1 aliphatic carbocycles. The van der Waals surface area contributed by atoms with Crippen LogP contribution >= 0.6 is 0 Å². The van der Waals surface area contributed by atoms with Crippen LogP contribution in [0.15, 0.2) is 59.5 Å². The fourth-order valence-electron chi connectivity index (χ4n) is 4.79. The van der Waals surface area contributed by atoms with Gasteiger partial charge in [0.25, 0.3) is 0 Å². The molecule has 32 heavy (non-hydrogen) atoms. The molecule has 0 spiro atoms. The van der Waals surface area contributed by atoms with E-state index in [1.54, 1.807) is 12.1 Å². The average molecular weight is 433 g/mol. The van der Waals surface area contributed by atoms with Crippen LogP contribution in [0.1, 0.15) is 85.9 Å². The maximum absolute atomic E-state index is 13.4. The number of hydrogen-bond acceptors (Lipinski definition) is 2. The molecule has 1 heterocycles. The number of nitrogens with zero attached hydrogens (tertiary/aromatic N) is 2. The average Bonchev–Trinajstić information content (AvgIpc) is 3.15. The molecule has 168 valence electrons. The molecule has 1 unspecified atom stereocenters. The van der Waals surface area contributed by atoms with Crippen molar-refractivity contribution in [2.45, 2.75) is 70.9 Å². The third-order valence-electron chi connectivity index (χ3n) is 6.88. The van der Waals surface area contributed by atoms with Crippen molar-refractivity contribution >= 4 is 5.97 Å². The van der Waals surface area contributed by atoms with Gasteiger partial charge < -0.3 is 5.11 Å². The Bertz CT molecular complexity index is 1130. The lowest BCUT2D eigenvalue weighted by Crippen LogP contribution is -2.29. The summed E-state index contributed by atoms with van der Waals surface area (Å²) < 4.78 is 3.92. The number of carboxylic acid groups (broad SMARTS) is 1. The Hall–Kier alpha value is -3.08. The Balaban J connectivity index is 1.65. The first-order valence-corrected chi connectivity index (χ1v) is 11.7. The molecule has 1 atom stereocenters. The van der Waals surface area contributed by atoms with Gasteiger partial charge in [-0.25, -0.2) is 9.59 Å². The van der Waals surface area contributed by atoms with Crippen LogP contribution in [0.2, 0.25) is 0 Å². The highest BCUT2D eigenvalue weighted by Crippen LogP contribution is 2.29. The summed E-state index contributed by atoms with van der Waals surface area (Å²) >= 11 is 0. The van der Waals surface area contributed by atoms with Gasteiger partial charge in [-0.3, -0.25) is 9.13 Å². The largest absolute Gasteiger partial charge is 0.478 e. The van der Waals surface area contributed by atoms with E-state index < -0.39 is 5.97 Å². The van der Waals surface area contributed by atoms with Crippen molar-refractivity contribution in [3.05, 3.63) is 82.0 Å². The number of hydrogen-bond donors (Lipinski definition) is 1. The molecule has 5 heteroatoms. The van der Waals surface area contributed by atoms with E-state index in [0.29, 0.717) is 29.6 Å². The Labute approximate surface area is 189 Å². The van der Waals surface area contributed by atoms with E-state index in [2.05, 4.69) is 20.0 Å². The summed E-state index contributed by atoms with van der Waals surface area (Å²) in [6.07, 6.45) is 8.91. The summed E-state index contributed by atoms with van der Waals surface area (Å²) in [7, 11) is 0. The molecule has 0 aliphatic heterocycles. The smallest absolute Gasteiger partial charge is 0.336 e. The van der Waals surface area contributed by atoms with Crippen molar-refractivity contribution in [3.63, 3.8) is 0 Å². The minimum absolute atomic E-state index is 0.0903. The maximum atomic E-state index is 13.4. The van der Waals surface area contributed by atoms with Crippen LogP contribution in [-0.4, -0.2) is 20.2 Å². The standard InChI is InChI=1S/C27H32N2O3/c1-3-19(2)25-18-28(22-9-5-4-6-10-22)27(32)29(25)17-20-13-15-21(16-14-20)23-11-7-8-12-24(23)26(30)31/h7-8,11-16,18-19,22H,3-6,9-10,17H2,1-2H3,(H,30,31). The van der Waals surface area contributed by atoms with Crippen LogP contribution < -0.4 is 5.69 Å². The van der Waals surface area contributed by atoms with Crippen molar-refractivity contribution in [1.29, 1.82) is 0 Å². The second kappa shape index (κ2) is 9.60. The number of aromatic nitrogens is 2. The van der Waals surface area contributed by atoms with Gasteiger partial charge in [-0.2, -0.15) is 0 Å². The fourth-order valence-corrected chi connectivity index (χ4v) is 4.79. The molecule has 5 nitrogen and oxygen atoms in total. The summed E-state index contributed by atoms with van der Waals surface area (Å²) in [5.74, 6) is -0.618.